The maximum absolute atomic E-state index is 5.67. The molecule has 0 aromatic carbocycles. The quantitative estimate of drug-likeness (QED) is 0.278. The Labute approximate surface area is 101 Å². The summed E-state index contributed by atoms with van der Waals surface area (Å²) in [5.41, 5.74) is 6.36. The Morgan fingerprint density at radius 1 is 1.50 bits per heavy atom. The highest BCUT2D eigenvalue weighted by Crippen LogP contribution is 2.04. The molecule has 0 aliphatic heterocycles. The predicted molar refractivity (Wildman–Crippen MR) is 67.9 cm³/mol. The van der Waals surface area contributed by atoms with Gasteiger partial charge in [-0.05, 0) is 19.1 Å². The summed E-state index contributed by atoms with van der Waals surface area (Å²) in [5, 5.41) is 5.59. The van der Waals surface area contributed by atoms with Gasteiger partial charge in [0.1, 0.15) is 5.15 Å². The van der Waals surface area contributed by atoms with Gasteiger partial charge in [-0.3, -0.25) is 0 Å². The molecule has 90 valence electrons. The van der Waals surface area contributed by atoms with Crippen molar-refractivity contribution in [1.29, 1.82) is 0 Å². The van der Waals surface area contributed by atoms with Gasteiger partial charge < -0.3 is 5.73 Å². The average Bonchev–Trinajstić information content (AvgIpc) is 2.32. The van der Waals surface area contributed by atoms with Crippen LogP contribution in [0.25, 0.3) is 0 Å². The Kier molecular flexibility index (Phi) is 7.24. The molecule has 6 heteroatoms. The van der Waals surface area contributed by atoms with E-state index in [0.717, 1.165) is 0 Å². The molecule has 0 atom stereocenters. The van der Waals surface area contributed by atoms with Crippen molar-refractivity contribution in [2.24, 2.45) is 16.7 Å². The number of amidine groups is 1. The minimum absolute atomic E-state index is 0.318. The van der Waals surface area contributed by atoms with Crippen LogP contribution in [0.1, 0.15) is 26.3 Å². The van der Waals surface area contributed by atoms with E-state index in [-0.39, 0.29) is 0 Å². The lowest BCUT2D eigenvalue weighted by Gasteiger charge is -2.09. The van der Waals surface area contributed by atoms with Crippen LogP contribution in [0.15, 0.2) is 23.4 Å². The molecule has 0 unspecified atom stereocenters. The van der Waals surface area contributed by atoms with Crippen LogP contribution in [-0.2, 0) is 0 Å². The van der Waals surface area contributed by atoms with E-state index in [1.54, 1.807) is 18.3 Å². The third-order valence-corrected chi connectivity index (χ3v) is 1.81. The number of hydrazone groups is 1. The van der Waals surface area contributed by atoms with Crippen LogP contribution >= 0.6 is 11.6 Å². The number of pyridine rings is 1. The minimum atomic E-state index is 0.318. The van der Waals surface area contributed by atoms with Gasteiger partial charge in [-0.1, -0.05) is 25.4 Å². The van der Waals surface area contributed by atoms with Gasteiger partial charge >= 0.3 is 0 Å². The Hall–Kier alpha value is -1.33. The van der Waals surface area contributed by atoms with Crippen LogP contribution in [0.2, 0.25) is 5.15 Å². The first-order valence-electron chi connectivity index (χ1n) is 5.11. The number of halogens is 1. The molecule has 1 aromatic heterocycles. The van der Waals surface area contributed by atoms with Crippen molar-refractivity contribution in [1.82, 2.24) is 10.1 Å². The molecule has 16 heavy (non-hydrogen) atoms. The van der Waals surface area contributed by atoms with Gasteiger partial charge in [0, 0.05) is 11.8 Å². The molecule has 0 aliphatic rings. The van der Waals surface area contributed by atoms with E-state index in [0.29, 0.717) is 23.1 Å². The highest BCUT2D eigenvalue weighted by Gasteiger charge is 2.00. The first kappa shape index (κ1) is 14.7. The molecule has 0 saturated heterocycles. The van der Waals surface area contributed by atoms with Crippen molar-refractivity contribution in [2.45, 2.75) is 20.8 Å². The highest BCUT2D eigenvalue weighted by molar-refractivity contribution is 6.29. The Balaban J connectivity index is 0.00000106. The van der Waals surface area contributed by atoms with E-state index in [1.165, 1.54) is 5.12 Å². The molecular formula is C10H18ClN5. The fraction of sp³-hybridized carbons (Fsp3) is 0.400. The molecule has 0 saturated carbocycles. The number of nitrogens with two attached hydrogens (primary N) is 2. The molecule has 0 radical (unpaired) electrons. The smallest absolute Gasteiger partial charge is 0.153 e. The molecule has 1 heterocycles. The Morgan fingerprint density at radius 2 is 2.12 bits per heavy atom. The molecule has 0 spiro atoms. The van der Waals surface area contributed by atoms with Crippen LogP contribution in [0, 0.1) is 0 Å². The predicted octanol–water partition coefficient (Wildman–Crippen LogP) is 1.58. The molecular weight excluding hydrogens is 226 g/mol. The molecule has 1 rings (SSSR count). The fourth-order valence-electron chi connectivity index (χ4n) is 0.794. The van der Waals surface area contributed by atoms with Crippen LogP contribution in [0.4, 0.5) is 0 Å². The third-order valence-electron chi connectivity index (χ3n) is 1.58. The van der Waals surface area contributed by atoms with E-state index >= 15 is 0 Å². The highest BCUT2D eigenvalue weighted by atomic mass is 35.5. The minimum Gasteiger partial charge on any atom is -0.382 e. The van der Waals surface area contributed by atoms with Gasteiger partial charge in [-0.2, -0.15) is 0 Å². The fourth-order valence-corrected chi connectivity index (χ4v) is 0.906. The average molecular weight is 244 g/mol. The molecule has 1 aromatic rings. The van der Waals surface area contributed by atoms with Crippen LogP contribution in [0.3, 0.4) is 0 Å². The molecule has 4 N–H and O–H groups in total. The number of hydrazine groups is 1. The van der Waals surface area contributed by atoms with Gasteiger partial charge in [0.25, 0.3) is 0 Å². The zero-order chi connectivity index (χ0) is 12.6. The summed E-state index contributed by atoms with van der Waals surface area (Å²) < 4.78 is 0. The van der Waals surface area contributed by atoms with Gasteiger partial charge in [-0.25, -0.2) is 15.9 Å². The lowest BCUT2D eigenvalue weighted by molar-refractivity contribution is 0.316. The van der Waals surface area contributed by atoms with Gasteiger partial charge in [0.15, 0.2) is 5.84 Å². The second-order valence-electron chi connectivity index (χ2n) is 2.61. The maximum atomic E-state index is 5.67. The largest absolute Gasteiger partial charge is 0.382 e. The molecule has 0 fully saturated rings. The zero-order valence-corrected chi connectivity index (χ0v) is 10.6. The third kappa shape index (κ3) is 4.95. The van der Waals surface area contributed by atoms with E-state index in [9.17, 15) is 0 Å². The summed E-state index contributed by atoms with van der Waals surface area (Å²) in [6.07, 6.45) is 1.55. The van der Waals surface area contributed by atoms with Crippen molar-refractivity contribution >= 4 is 17.4 Å². The van der Waals surface area contributed by atoms with E-state index in [2.05, 4.69) is 10.1 Å². The Morgan fingerprint density at radius 3 is 2.56 bits per heavy atom. The molecule has 0 amide bonds. The summed E-state index contributed by atoms with van der Waals surface area (Å²) in [6.45, 7) is 6.46. The summed E-state index contributed by atoms with van der Waals surface area (Å²) >= 11 is 5.62. The number of nitrogens with zero attached hydrogens (tertiary/aromatic N) is 3. The molecule has 0 aliphatic carbocycles. The molecule has 0 bridgehead atoms. The second kappa shape index (κ2) is 7.90. The number of hydrogen-bond donors (Lipinski definition) is 2. The van der Waals surface area contributed by atoms with Gasteiger partial charge in [0.05, 0.1) is 6.54 Å². The lowest BCUT2D eigenvalue weighted by atomic mass is 10.3. The number of aromatic nitrogens is 1. The van der Waals surface area contributed by atoms with Crippen molar-refractivity contribution in [3.05, 3.63) is 29.0 Å². The Bertz CT molecular complexity index is 322. The number of hydrogen-bond acceptors (Lipinski definition) is 4. The first-order chi connectivity index (χ1) is 7.63. The van der Waals surface area contributed by atoms with E-state index < -0.39 is 0 Å². The van der Waals surface area contributed by atoms with Crippen LogP contribution in [-0.4, -0.2) is 22.5 Å². The second-order valence-corrected chi connectivity index (χ2v) is 3.00. The van der Waals surface area contributed by atoms with E-state index in [1.807, 2.05) is 20.8 Å². The van der Waals surface area contributed by atoms with Crippen molar-refractivity contribution in [2.75, 3.05) is 6.54 Å². The lowest BCUT2D eigenvalue weighted by Crippen LogP contribution is -2.29. The van der Waals surface area contributed by atoms with E-state index in [4.69, 9.17) is 23.2 Å². The van der Waals surface area contributed by atoms with Crippen LogP contribution in [0.5, 0.6) is 0 Å². The summed E-state index contributed by atoms with van der Waals surface area (Å²) in [5.74, 6) is 5.78. The standard InChI is InChI=1S/C8H12ClN5.C2H6/c1-2-14(11)13-8(10)6-3-4-7(9)12-5-6;1-2/h3-5H,2,11H2,1H3,(H2,10,13);1-2H3. The summed E-state index contributed by atoms with van der Waals surface area (Å²) in [4.78, 5) is 3.88. The normalized spacial score (nSPS) is 10.4. The SMILES string of the molecule is CC.CCN(N)/N=C(\N)c1ccc(Cl)nc1. The summed E-state index contributed by atoms with van der Waals surface area (Å²) in [6, 6.07) is 3.38. The monoisotopic (exact) mass is 243 g/mol. The zero-order valence-electron chi connectivity index (χ0n) is 9.81. The van der Waals surface area contributed by atoms with Crippen molar-refractivity contribution in [3.63, 3.8) is 0 Å². The van der Waals surface area contributed by atoms with Crippen molar-refractivity contribution < 1.29 is 0 Å². The summed E-state index contributed by atoms with van der Waals surface area (Å²) in [7, 11) is 0. The maximum Gasteiger partial charge on any atom is 0.153 e. The topological polar surface area (TPSA) is 80.5 Å². The number of rotatable bonds is 3. The molecule has 5 nitrogen and oxygen atoms in total. The first-order valence-corrected chi connectivity index (χ1v) is 5.49. The van der Waals surface area contributed by atoms with Gasteiger partial charge in [0.2, 0.25) is 0 Å². The van der Waals surface area contributed by atoms with Gasteiger partial charge in [-0.15, -0.1) is 5.10 Å². The van der Waals surface area contributed by atoms with Crippen LogP contribution < -0.4 is 11.6 Å². The van der Waals surface area contributed by atoms with Crippen molar-refractivity contribution in [3.8, 4) is 0 Å².